The highest BCUT2D eigenvalue weighted by molar-refractivity contribution is 5.08. The van der Waals surface area contributed by atoms with Gasteiger partial charge in [0, 0.05) is 18.3 Å². The molecule has 0 aromatic carbocycles. The summed E-state index contributed by atoms with van der Waals surface area (Å²) in [6, 6.07) is 3.85. The minimum absolute atomic E-state index is 0.0833. The fraction of sp³-hybridized carbons (Fsp3) is 0.444. The van der Waals surface area contributed by atoms with Gasteiger partial charge in [-0.25, -0.2) is 0 Å². The fourth-order valence-corrected chi connectivity index (χ4v) is 1.02. The molecule has 0 radical (unpaired) electrons. The quantitative estimate of drug-likeness (QED) is 0.599. The number of pyridine rings is 1. The molecule has 0 saturated heterocycles. The van der Waals surface area contributed by atoms with Crippen molar-refractivity contribution in [2.24, 2.45) is 0 Å². The third-order valence-corrected chi connectivity index (χ3v) is 1.66. The molecular weight excluding hydrogens is 138 g/mol. The van der Waals surface area contributed by atoms with Gasteiger partial charge in [-0.1, -0.05) is 0 Å². The molecule has 0 atom stereocenters. The molecule has 0 aliphatic rings. The maximum atomic E-state index is 11.2. The molecule has 0 saturated carbocycles. The van der Waals surface area contributed by atoms with Crippen LogP contribution in [0.3, 0.4) is 0 Å². The lowest BCUT2D eigenvalue weighted by Gasteiger charge is -2.08. The van der Waals surface area contributed by atoms with Crippen LogP contribution in [0.15, 0.2) is 23.1 Å². The fourth-order valence-electron chi connectivity index (χ4n) is 1.02. The van der Waals surface area contributed by atoms with Gasteiger partial charge in [0.2, 0.25) is 0 Å². The average Bonchev–Trinajstić information content (AvgIpc) is 1.85. The van der Waals surface area contributed by atoms with Crippen molar-refractivity contribution in [3.05, 3.63) is 34.2 Å². The first-order chi connectivity index (χ1) is 5.11. The van der Waals surface area contributed by atoms with Gasteiger partial charge in [0.05, 0.1) is 0 Å². The van der Waals surface area contributed by atoms with Gasteiger partial charge < -0.3 is 4.57 Å². The van der Waals surface area contributed by atoms with Crippen LogP contribution in [0.1, 0.15) is 25.5 Å². The predicted molar refractivity (Wildman–Crippen MR) is 45.8 cm³/mol. The zero-order chi connectivity index (χ0) is 8.43. The third-order valence-electron chi connectivity index (χ3n) is 1.66. The van der Waals surface area contributed by atoms with Crippen LogP contribution in [0.4, 0.5) is 0 Å². The molecule has 0 aliphatic carbocycles. The van der Waals surface area contributed by atoms with Crippen LogP contribution in [0.2, 0.25) is 0 Å². The molecule has 0 fully saturated rings. The molecule has 0 N–H and O–H groups in total. The molecule has 1 heterocycles. The lowest BCUT2D eigenvalue weighted by molar-refractivity contribution is 0.577. The number of aryl methyl sites for hydroxylation is 1. The molecule has 1 rings (SSSR count). The molecule has 1 aromatic rings. The number of hydrogen-bond acceptors (Lipinski definition) is 1. The number of aromatic nitrogens is 1. The summed E-state index contributed by atoms with van der Waals surface area (Å²) in [4.78, 5) is 11.2. The Morgan fingerprint density at radius 2 is 2.09 bits per heavy atom. The minimum Gasteiger partial charge on any atom is -0.313 e. The van der Waals surface area contributed by atoms with E-state index in [1.807, 2.05) is 33.0 Å². The molecule has 2 nitrogen and oxygen atoms in total. The van der Waals surface area contributed by atoms with Gasteiger partial charge in [0.25, 0.3) is 5.56 Å². The first-order valence-corrected chi connectivity index (χ1v) is 3.80. The Morgan fingerprint density at radius 3 is 2.55 bits per heavy atom. The molecule has 0 unspecified atom stereocenters. The van der Waals surface area contributed by atoms with Crippen LogP contribution in [-0.4, -0.2) is 4.57 Å². The Kier molecular flexibility index (Phi) is 2.13. The van der Waals surface area contributed by atoms with Gasteiger partial charge in [0.15, 0.2) is 0 Å². The SMILES string of the molecule is Cc1ccn(C(C)C)c(=O)c1. The van der Waals surface area contributed by atoms with Crippen LogP contribution < -0.4 is 5.56 Å². The minimum atomic E-state index is 0.0833. The Labute approximate surface area is 66.5 Å². The maximum absolute atomic E-state index is 11.2. The summed E-state index contributed by atoms with van der Waals surface area (Å²) in [5.74, 6) is 0. The van der Waals surface area contributed by atoms with E-state index >= 15 is 0 Å². The molecule has 0 spiro atoms. The normalized spacial score (nSPS) is 10.5. The first-order valence-electron chi connectivity index (χ1n) is 3.80. The van der Waals surface area contributed by atoms with E-state index in [9.17, 15) is 4.79 Å². The number of rotatable bonds is 1. The van der Waals surface area contributed by atoms with Gasteiger partial charge in [-0.15, -0.1) is 0 Å². The van der Waals surface area contributed by atoms with Crippen LogP contribution in [0.25, 0.3) is 0 Å². The number of hydrogen-bond donors (Lipinski definition) is 0. The van der Waals surface area contributed by atoms with E-state index < -0.39 is 0 Å². The van der Waals surface area contributed by atoms with Crippen molar-refractivity contribution in [2.45, 2.75) is 26.8 Å². The second kappa shape index (κ2) is 2.91. The predicted octanol–water partition coefficient (Wildman–Crippen LogP) is 1.74. The zero-order valence-corrected chi connectivity index (χ0v) is 7.16. The molecule has 11 heavy (non-hydrogen) atoms. The van der Waals surface area contributed by atoms with E-state index in [1.54, 1.807) is 10.6 Å². The van der Waals surface area contributed by atoms with Crippen molar-refractivity contribution in [1.82, 2.24) is 4.57 Å². The summed E-state index contributed by atoms with van der Waals surface area (Å²) in [5, 5.41) is 0. The molecule has 1 aromatic heterocycles. The third kappa shape index (κ3) is 1.70. The van der Waals surface area contributed by atoms with Crippen molar-refractivity contribution in [3.63, 3.8) is 0 Å². The van der Waals surface area contributed by atoms with E-state index in [0.717, 1.165) is 5.56 Å². The first kappa shape index (κ1) is 8.05. The average molecular weight is 151 g/mol. The lowest BCUT2D eigenvalue weighted by atomic mass is 10.3. The summed E-state index contributed by atoms with van der Waals surface area (Å²) >= 11 is 0. The Hall–Kier alpha value is -1.05. The van der Waals surface area contributed by atoms with Crippen molar-refractivity contribution in [3.8, 4) is 0 Å². The summed E-state index contributed by atoms with van der Waals surface area (Å²) in [7, 11) is 0. The van der Waals surface area contributed by atoms with E-state index in [4.69, 9.17) is 0 Å². The molecular formula is C9H13NO. The second-order valence-corrected chi connectivity index (χ2v) is 3.04. The Morgan fingerprint density at radius 1 is 1.45 bits per heavy atom. The van der Waals surface area contributed by atoms with Crippen molar-refractivity contribution in [1.29, 1.82) is 0 Å². The molecule has 0 bridgehead atoms. The van der Waals surface area contributed by atoms with Gasteiger partial charge in [-0.3, -0.25) is 4.79 Å². The summed E-state index contributed by atoms with van der Waals surface area (Å²) in [6.07, 6.45) is 1.84. The Balaban J connectivity index is 3.21. The van der Waals surface area contributed by atoms with Crippen molar-refractivity contribution < 1.29 is 0 Å². The van der Waals surface area contributed by atoms with Crippen LogP contribution >= 0.6 is 0 Å². The Bertz CT molecular complexity index is 299. The van der Waals surface area contributed by atoms with Crippen LogP contribution in [0.5, 0.6) is 0 Å². The van der Waals surface area contributed by atoms with E-state index in [-0.39, 0.29) is 11.6 Å². The van der Waals surface area contributed by atoms with Crippen LogP contribution in [-0.2, 0) is 0 Å². The van der Waals surface area contributed by atoms with E-state index in [2.05, 4.69) is 0 Å². The largest absolute Gasteiger partial charge is 0.313 e. The smallest absolute Gasteiger partial charge is 0.251 e. The standard InChI is InChI=1S/C9H13NO/c1-7(2)10-5-4-8(3)6-9(10)11/h4-7H,1-3H3. The van der Waals surface area contributed by atoms with Gasteiger partial charge in [-0.05, 0) is 32.4 Å². The highest BCUT2D eigenvalue weighted by Gasteiger charge is 1.98. The van der Waals surface area contributed by atoms with Gasteiger partial charge in [0.1, 0.15) is 0 Å². The summed E-state index contributed by atoms with van der Waals surface area (Å²) in [5.41, 5.74) is 1.10. The zero-order valence-electron chi connectivity index (χ0n) is 7.16. The highest BCUT2D eigenvalue weighted by atomic mass is 16.1. The highest BCUT2D eigenvalue weighted by Crippen LogP contribution is 1.99. The van der Waals surface area contributed by atoms with Gasteiger partial charge in [-0.2, -0.15) is 0 Å². The second-order valence-electron chi connectivity index (χ2n) is 3.04. The molecule has 0 aliphatic heterocycles. The topological polar surface area (TPSA) is 22.0 Å². The monoisotopic (exact) mass is 151 g/mol. The van der Waals surface area contributed by atoms with Crippen LogP contribution in [0, 0.1) is 6.92 Å². The lowest BCUT2D eigenvalue weighted by Crippen LogP contribution is -2.20. The molecule has 2 heteroatoms. The summed E-state index contributed by atoms with van der Waals surface area (Å²) in [6.45, 7) is 5.92. The number of nitrogens with zero attached hydrogens (tertiary/aromatic N) is 1. The van der Waals surface area contributed by atoms with Gasteiger partial charge >= 0.3 is 0 Å². The summed E-state index contributed by atoms with van der Waals surface area (Å²) < 4.78 is 1.72. The van der Waals surface area contributed by atoms with Crippen molar-refractivity contribution in [2.75, 3.05) is 0 Å². The maximum Gasteiger partial charge on any atom is 0.251 e. The van der Waals surface area contributed by atoms with E-state index in [1.165, 1.54) is 0 Å². The van der Waals surface area contributed by atoms with Crippen molar-refractivity contribution >= 4 is 0 Å². The van der Waals surface area contributed by atoms with E-state index in [0.29, 0.717) is 0 Å². The molecule has 60 valence electrons. The molecule has 0 amide bonds.